The van der Waals surface area contributed by atoms with Gasteiger partial charge in [0.15, 0.2) is 5.96 Å². The number of methoxy groups -OCH3 is 1. The van der Waals surface area contributed by atoms with Gasteiger partial charge in [-0.3, -0.25) is 4.99 Å². The van der Waals surface area contributed by atoms with E-state index in [2.05, 4.69) is 27.8 Å². The van der Waals surface area contributed by atoms with Crippen LogP contribution in [-0.4, -0.2) is 59.6 Å². The Labute approximate surface area is 163 Å². The first kappa shape index (κ1) is 21.5. The molecule has 0 aromatic heterocycles. The van der Waals surface area contributed by atoms with Gasteiger partial charge >= 0.3 is 0 Å². The molecule has 0 bridgehead atoms. The molecule has 1 saturated heterocycles. The lowest BCUT2D eigenvalue weighted by Gasteiger charge is -2.12. The Hall–Kier alpha value is -1.79. The summed E-state index contributed by atoms with van der Waals surface area (Å²) in [5.41, 5.74) is 1.35. The van der Waals surface area contributed by atoms with E-state index in [1.54, 1.807) is 7.11 Å². The largest absolute Gasteiger partial charge is 0.497 e. The number of unbranched alkanes of at least 4 members (excludes halogenated alkanes) is 1. The Morgan fingerprint density at radius 3 is 2.59 bits per heavy atom. The molecule has 1 aliphatic rings. The standard InChI is InChI=1S/C21H35N3O3/c1-22-21(24-13-5-14-26-16-19-11-15-27-17-19)23-12-4-3-6-18-7-9-20(25-2)10-8-18/h7-10,19H,3-6,11-17H2,1-2H3,(H2,22,23,24). The zero-order valence-corrected chi connectivity index (χ0v) is 16.8. The highest BCUT2D eigenvalue weighted by molar-refractivity contribution is 5.79. The second kappa shape index (κ2) is 13.4. The third-order valence-corrected chi connectivity index (χ3v) is 4.70. The first-order valence-corrected chi connectivity index (χ1v) is 10.0. The zero-order valence-electron chi connectivity index (χ0n) is 16.8. The summed E-state index contributed by atoms with van der Waals surface area (Å²) in [7, 11) is 3.50. The smallest absolute Gasteiger partial charge is 0.190 e. The number of ether oxygens (including phenoxy) is 3. The van der Waals surface area contributed by atoms with Crippen LogP contribution in [0.3, 0.4) is 0 Å². The first-order chi connectivity index (χ1) is 13.3. The van der Waals surface area contributed by atoms with Crippen molar-refractivity contribution in [3.05, 3.63) is 29.8 Å². The number of nitrogens with one attached hydrogen (secondary N) is 2. The lowest BCUT2D eigenvalue weighted by atomic mass is 10.1. The maximum Gasteiger partial charge on any atom is 0.190 e. The lowest BCUT2D eigenvalue weighted by Crippen LogP contribution is -2.38. The van der Waals surface area contributed by atoms with E-state index in [4.69, 9.17) is 14.2 Å². The molecular formula is C21H35N3O3. The van der Waals surface area contributed by atoms with Crippen LogP contribution in [0.15, 0.2) is 29.3 Å². The molecule has 0 aliphatic carbocycles. The van der Waals surface area contributed by atoms with Crippen LogP contribution >= 0.6 is 0 Å². The Balaban J connectivity index is 1.44. The highest BCUT2D eigenvalue weighted by Gasteiger charge is 2.15. The van der Waals surface area contributed by atoms with Crippen molar-refractivity contribution in [2.75, 3.05) is 53.7 Å². The Morgan fingerprint density at radius 2 is 1.93 bits per heavy atom. The fourth-order valence-corrected chi connectivity index (χ4v) is 3.02. The van der Waals surface area contributed by atoms with Crippen LogP contribution in [0.5, 0.6) is 5.75 Å². The van der Waals surface area contributed by atoms with Gasteiger partial charge < -0.3 is 24.8 Å². The Kier molecular flexibility index (Phi) is 10.7. The predicted molar refractivity (Wildman–Crippen MR) is 110 cm³/mol. The number of rotatable bonds is 12. The number of aryl methyl sites for hydroxylation is 1. The van der Waals surface area contributed by atoms with E-state index >= 15 is 0 Å². The predicted octanol–water partition coefficient (Wildman–Crippen LogP) is 2.63. The molecular weight excluding hydrogens is 342 g/mol. The summed E-state index contributed by atoms with van der Waals surface area (Å²) in [5, 5.41) is 6.71. The van der Waals surface area contributed by atoms with Gasteiger partial charge in [-0.25, -0.2) is 0 Å². The average molecular weight is 378 g/mol. The summed E-state index contributed by atoms with van der Waals surface area (Å²) in [6.45, 7) is 5.13. The van der Waals surface area contributed by atoms with Crippen LogP contribution in [0, 0.1) is 5.92 Å². The Morgan fingerprint density at radius 1 is 1.15 bits per heavy atom. The van der Waals surface area contributed by atoms with Gasteiger partial charge in [-0.2, -0.15) is 0 Å². The van der Waals surface area contributed by atoms with E-state index < -0.39 is 0 Å². The van der Waals surface area contributed by atoms with E-state index in [1.165, 1.54) is 5.56 Å². The number of hydrogen-bond acceptors (Lipinski definition) is 4. The van der Waals surface area contributed by atoms with E-state index in [1.807, 2.05) is 19.2 Å². The minimum absolute atomic E-state index is 0.588. The third kappa shape index (κ3) is 9.11. The first-order valence-electron chi connectivity index (χ1n) is 10.0. The van der Waals surface area contributed by atoms with E-state index in [-0.39, 0.29) is 0 Å². The van der Waals surface area contributed by atoms with Crippen molar-refractivity contribution in [3.63, 3.8) is 0 Å². The molecule has 0 radical (unpaired) electrons. The van der Waals surface area contributed by atoms with Crippen LogP contribution in [-0.2, 0) is 15.9 Å². The summed E-state index contributed by atoms with van der Waals surface area (Å²) in [6, 6.07) is 8.30. The zero-order chi connectivity index (χ0) is 19.2. The highest BCUT2D eigenvalue weighted by Crippen LogP contribution is 2.13. The summed E-state index contributed by atoms with van der Waals surface area (Å²) in [5.74, 6) is 2.36. The maximum atomic E-state index is 5.71. The van der Waals surface area contributed by atoms with Crippen LogP contribution in [0.4, 0.5) is 0 Å². The summed E-state index contributed by atoms with van der Waals surface area (Å²) < 4.78 is 16.2. The van der Waals surface area contributed by atoms with Crippen molar-refractivity contribution >= 4 is 5.96 Å². The normalized spacial score (nSPS) is 17.1. The van der Waals surface area contributed by atoms with Crippen molar-refractivity contribution < 1.29 is 14.2 Å². The van der Waals surface area contributed by atoms with Crippen molar-refractivity contribution in [2.45, 2.75) is 32.1 Å². The highest BCUT2D eigenvalue weighted by atomic mass is 16.5. The van der Waals surface area contributed by atoms with Crippen LogP contribution in [0.1, 0.15) is 31.2 Å². The second-order valence-electron chi connectivity index (χ2n) is 6.89. The van der Waals surface area contributed by atoms with Crippen molar-refractivity contribution in [2.24, 2.45) is 10.9 Å². The molecule has 6 heteroatoms. The molecule has 1 aromatic rings. The van der Waals surface area contributed by atoms with Gasteiger partial charge in [0.05, 0.1) is 20.3 Å². The molecule has 1 heterocycles. The number of benzene rings is 1. The molecule has 0 spiro atoms. The quantitative estimate of drug-likeness (QED) is 0.333. The average Bonchev–Trinajstić information content (AvgIpc) is 3.22. The lowest BCUT2D eigenvalue weighted by molar-refractivity contribution is 0.0888. The molecule has 1 aromatic carbocycles. The molecule has 1 atom stereocenters. The van der Waals surface area contributed by atoms with Gasteiger partial charge in [0, 0.05) is 39.3 Å². The molecule has 0 saturated carbocycles. The van der Waals surface area contributed by atoms with Gasteiger partial charge in [0.25, 0.3) is 0 Å². The molecule has 1 aliphatic heterocycles. The van der Waals surface area contributed by atoms with Crippen LogP contribution in [0.25, 0.3) is 0 Å². The molecule has 2 N–H and O–H groups in total. The third-order valence-electron chi connectivity index (χ3n) is 4.70. The van der Waals surface area contributed by atoms with Crippen molar-refractivity contribution in [3.8, 4) is 5.75 Å². The van der Waals surface area contributed by atoms with Crippen LogP contribution < -0.4 is 15.4 Å². The van der Waals surface area contributed by atoms with Gasteiger partial charge in [-0.05, 0) is 49.8 Å². The fourth-order valence-electron chi connectivity index (χ4n) is 3.02. The van der Waals surface area contributed by atoms with E-state index in [9.17, 15) is 0 Å². The summed E-state index contributed by atoms with van der Waals surface area (Å²) in [6.07, 6.45) is 5.45. The fraction of sp³-hybridized carbons (Fsp3) is 0.667. The maximum absolute atomic E-state index is 5.71. The van der Waals surface area contributed by atoms with Crippen LogP contribution in [0.2, 0.25) is 0 Å². The summed E-state index contributed by atoms with van der Waals surface area (Å²) >= 11 is 0. The van der Waals surface area contributed by atoms with E-state index in [0.717, 1.165) is 83.3 Å². The summed E-state index contributed by atoms with van der Waals surface area (Å²) in [4.78, 5) is 4.27. The molecule has 0 amide bonds. The number of nitrogens with zero attached hydrogens (tertiary/aromatic N) is 1. The minimum atomic E-state index is 0.588. The number of aliphatic imine (C=N–C) groups is 1. The number of guanidine groups is 1. The van der Waals surface area contributed by atoms with Gasteiger partial charge in [-0.1, -0.05) is 12.1 Å². The number of hydrogen-bond donors (Lipinski definition) is 2. The second-order valence-corrected chi connectivity index (χ2v) is 6.89. The molecule has 27 heavy (non-hydrogen) atoms. The topological polar surface area (TPSA) is 64.1 Å². The minimum Gasteiger partial charge on any atom is -0.497 e. The van der Waals surface area contributed by atoms with Crippen molar-refractivity contribution in [1.29, 1.82) is 0 Å². The van der Waals surface area contributed by atoms with Crippen molar-refractivity contribution in [1.82, 2.24) is 10.6 Å². The van der Waals surface area contributed by atoms with Gasteiger partial charge in [-0.15, -0.1) is 0 Å². The van der Waals surface area contributed by atoms with Gasteiger partial charge in [0.2, 0.25) is 0 Å². The monoisotopic (exact) mass is 377 g/mol. The van der Waals surface area contributed by atoms with Gasteiger partial charge in [0.1, 0.15) is 5.75 Å². The molecule has 1 unspecified atom stereocenters. The molecule has 1 fully saturated rings. The molecule has 152 valence electrons. The molecule has 6 nitrogen and oxygen atoms in total. The SMILES string of the molecule is CN=C(NCCCCc1ccc(OC)cc1)NCCCOCC1CCOC1. The molecule has 2 rings (SSSR count). The Bertz CT molecular complexity index is 528. The van der Waals surface area contributed by atoms with E-state index in [0.29, 0.717) is 5.92 Å².